The number of pyridine rings is 1. The third-order valence-electron chi connectivity index (χ3n) is 5.75. The van der Waals surface area contributed by atoms with Crippen molar-refractivity contribution >= 4 is 27.5 Å². The van der Waals surface area contributed by atoms with Crippen molar-refractivity contribution < 1.29 is 33.3 Å². The molecule has 0 radical (unpaired) electrons. The highest BCUT2D eigenvalue weighted by atomic mass is 35.5. The molecular weight excluding hydrogens is 510 g/mol. The van der Waals surface area contributed by atoms with Crippen molar-refractivity contribution in [2.24, 2.45) is 0 Å². The van der Waals surface area contributed by atoms with E-state index in [9.17, 15) is 28.5 Å². The molecule has 4 rings (SSSR count). The molecule has 190 valence electrons. The van der Waals surface area contributed by atoms with Crippen LogP contribution in [-0.2, 0) is 14.8 Å². The van der Waals surface area contributed by atoms with Gasteiger partial charge in [0.25, 0.3) is 5.91 Å². The highest BCUT2D eigenvalue weighted by Crippen LogP contribution is 2.24. The molecule has 36 heavy (non-hydrogen) atoms. The number of aliphatic hydroxyl groups is 3. The van der Waals surface area contributed by atoms with Crippen LogP contribution >= 0.6 is 11.6 Å². The Hall–Kier alpha value is -2.90. The highest BCUT2D eigenvalue weighted by Gasteiger charge is 2.45. The Morgan fingerprint density at radius 3 is 2.44 bits per heavy atom. The summed E-state index contributed by atoms with van der Waals surface area (Å²) in [6, 6.07) is 16.1. The molecule has 1 amide bonds. The van der Waals surface area contributed by atoms with Gasteiger partial charge in [0.05, 0.1) is 5.02 Å². The van der Waals surface area contributed by atoms with Crippen molar-refractivity contribution in [1.82, 2.24) is 15.0 Å². The van der Waals surface area contributed by atoms with Crippen LogP contribution in [0.25, 0.3) is 11.1 Å². The molecule has 0 aliphatic carbocycles. The lowest BCUT2D eigenvalue weighted by Crippen LogP contribution is -2.65. The molecule has 2 heterocycles. The second kappa shape index (κ2) is 11.0. The van der Waals surface area contributed by atoms with Crippen LogP contribution in [0, 0.1) is 0 Å². The van der Waals surface area contributed by atoms with Gasteiger partial charge in [0.2, 0.25) is 10.0 Å². The average Bonchev–Trinajstić information content (AvgIpc) is 2.88. The fourth-order valence-electron chi connectivity index (χ4n) is 3.81. The van der Waals surface area contributed by atoms with Crippen LogP contribution in [0.15, 0.2) is 78.0 Å². The molecule has 1 aliphatic heterocycles. The molecule has 0 bridgehead atoms. The molecule has 1 unspecified atom stereocenters. The van der Waals surface area contributed by atoms with Gasteiger partial charge in [-0.1, -0.05) is 54.1 Å². The SMILES string of the molecule is O=C(N[C@H]1C(O)O[C@H](CNS(=O)(=O)c2cnccc2Cl)[C@@H](O)[C@@H]1O)c1cccc(-c2ccccc2)c1. The maximum absolute atomic E-state index is 12.8. The number of amides is 1. The van der Waals surface area contributed by atoms with E-state index < -0.39 is 53.1 Å². The topological polar surface area (TPSA) is 158 Å². The molecule has 3 aromatic rings. The largest absolute Gasteiger partial charge is 0.388 e. The monoisotopic (exact) mass is 533 g/mol. The lowest BCUT2D eigenvalue weighted by Gasteiger charge is -2.41. The van der Waals surface area contributed by atoms with E-state index in [0.717, 1.165) is 17.3 Å². The van der Waals surface area contributed by atoms with Gasteiger partial charge in [-0.25, -0.2) is 13.1 Å². The normalized spacial score (nSPS) is 24.3. The van der Waals surface area contributed by atoms with Gasteiger partial charge in [-0.2, -0.15) is 0 Å². The molecular formula is C24H24ClN3O7S. The van der Waals surface area contributed by atoms with E-state index in [4.69, 9.17) is 16.3 Å². The second-order valence-electron chi connectivity index (χ2n) is 8.15. The van der Waals surface area contributed by atoms with Crippen LogP contribution in [0.1, 0.15) is 10.4 Å². The number of hydrogen-bond acceptors (Lipinski definition) is 8. The number of aromatic nitrogens is 1. The highest BCUT2D eigenvalue weighted by molar-refractivity contribution is 7.89. The van der Waals surface area contributed by atoms with E-state index in [-0.39, 0.29) is 15.5 Å². The van der Waals surface area contributed by atoms with E-state index in [0.29, 0.717) is 0 Å². The molecule has 5 atom stereocenters. The van der Waals surface area contributed by atoms with Crippen molar-refractivity contribution in [3.05, 3.63) is 83.6 Å². The van der Waals surface area contributed by atoms with E-state index in [1.165, 1.54) is 12.3 Å². The summed E-state index contributed by atoms with van der Waals surface area (Å²) < 4.78 is 32.6. The average molecular weight is 534 g/mol. The van der Waals surface area contributed by atoms with Gasteiger partial charge in [-0.05, 0) is 29.3 Å². The molecule has 5 N–H and O–H groups in total. The Labute approximate surface area is 212 Å². The minimum Gasteiger partial charge on any atom is -0.388 e. The van der Waals surface area contributed by atoms with Crippen LogP contribution in [0.3, 0.4) is 0 Å². The number of ether oxygens (including phenoxy) is 1. The summed E-state index contributed by atoms with van der Waals surface area (Å²) in [5.74, 6) is -0.600. The number of sulfonamides is 1. The van der Waals surface area contributed by atoms with Gasteiger partial charge in [-0.3, -0.25) is 9.78 Å². The maximum atomic E-state index is 12.8. The lowest BCUT2D eigenvalue weighted by molar-refractivity contribution is -0.243. The number of halogens is 1. The molecule has 0 saturated carbocycles. The van der Waals surface area contributed by atoms with Crippen LogP contribution < -0.4 is 10.0 Å². The van der Waals surface area contributed by atoms with Gasteiger partial charge >= 0.3 is 0 Å². The minimum absolute atomic E-state index is 0.0539. The minimum atomic E-state index is -4.11. The van der Waals surface area contributed by atoms with Crippen molar-refractivity contribution in [2.45, 2.75) is 35.5 Å². The van der Waals surface area contributed by atoms with E-state index >= 15 is 0 Å². The number of rotatable bonds is 7. The fraction of sp³-hybridized carbons (Fsp3) is 0.250. The summed E-state index contributed by atoms with van der Waals surface area (Å²) in [6.07, 6.45) is -3.91. The zero-order chi connectivity index (χ0) is 25.9. The summed E-state index contributed by atoms with van der Waals surface area (Å²) in [5.41, 5.74) is 1.97. The summed E-state index contributed by atoms with van der Waals surface area (Å²) in [7, 11) is -4.11. The van der Waals surface area contributed by atoms with Gasteiger partial charge in [-0.15, -0.1) is 0 Å². The maximum Gasteiger partial charge on any atom is 0.251 e. The van der Waals surface area contributed by atoms with Crippen molar-refractivity contribution in [3.63, 3.8) is 0 Å². The van der Waals surface area contributed by atoms with Gasteiger partial charge in [0, 0.05) is 24.5 Å². The molecule has 1 saturated heterocycles. The van der Waals surface area contributed by atoms with Crippen molar-refractivity contribution in [3.8, 4) is 11.1 Å². The van der Waals surface area contributed by atoms with Crippen LogP contribution in [0.5, 0.6) is 0 Å². The first kappa shape index (κ1) is 26.2. The number of aliphatic hydroxyl groups excluding tert-OH is 3. The van der Waals surface area contributed by atoms with Crippen LogP contribution in [0.2, 0.25) is 5.02 Å². The van der Waals surface area contributed by atoms with Crippen molar-refractivity contribution in [2.75, 3.05) is 6.54 Å². The number of nitrogens with one attached hydrogen (secondary N) is 2. The van der Waals surface area contributed by atoms with Gasteiger partial charge in [0.15, 0.2) is 6.29 Å². The molecule has 1 fully saturated rings. The number of hydrogen-bond donors (Lipinski definition) is 5. The second-order valence-corrected chi connectivity index (χ2v) is 10.3. The molecule has 1 aromatic heterocycles. The first-order valence-electron chi connectivity index (χ1n) is 10.9. The third-order valence-corrected chi connectivity index (χ3v) is 7.64. The Balaban J connectivity index is 1.41. The summed E-state index contributed by atoms with van der Waals surface area (Å²) in [4.78, 5) is 16.3. The van der Waals surface area contributed by atoms with Crippen LogP contribution in [0.4, 0.5) is 0 Å². The Bertz CT molecular complexity index is 1330. The van der Waals surface area contributed by atoms with Gasteiger partial charge in [0.1, 0.15) is 29.2 Å². The number of benzene rings is 2. The lowest BCUT2D eigenvalue weighted by atomic mass is 9.96. The molecule has 0 spiro atoms. The zero-order valence-corrected chi connectivity index (χ0v) is 20.3. The summed E-state index contributed by atoms with van der Waals surface area (Å²) in [6.45, 7) is -0.484. The number of carbonyl (C=O) groups excluding carboxylic acids is 1. The fourth-order valence-corrected chi connectivity index (χ4v) is 5.28. The summed E-state index contributed by atoms with van der Waals surface area (Å²) in [5, 5.41) is 34.0. The summed E-state index contributed by atoms with van der Waals surface area (Å²) >= 11 is 5.91. The predicted octanol–water partition coefficient (Wildman–Crippen LogP) is 0.918. The Kier molecular flexibility index (Phi) is 8.00. The molecule has 12 heteroatoms. The van der Waals surface area contributed by atoms with E-state index in [1.807, 2.05) is 36.4 Å². The smallest absolute Gasteiger partial charge is 0.251 e. The molecule has 1 aliphatic rings. The Morgan fingerprint density at radius 2 is 1.72 bits per heavy atom. The number of carbonyl (C=O) groups is 1. The first-order chi connectivity index (χ1) is 17.2. The molecule has 10 nitrogen and oxygen atoms in total. The zero-order valence-electron chi connectivity index (χ0n) is 18.7. The van der Waals surface area contributed by atoms with Crippen molar-refractivity contribution in [1.29, 1.82) is 0 Å². The Morgan fingerprint density at radius 1 is 1.00 bits per heavy atom. The standard InChI is InChI=1S/C24H24ClN3O7S/c25-17-9-10-26-13-19(17)36(33,34)27-12-18-21(29)22(30)20(24(32)35-18)28-23(31)16-8-4-7-15(11-16)14-5-2-1-3-6-14/h1-11,13,18,20-22,24,27,29-30,32H,12H2,(H,28,31)/t18-,20-,21-,22-,24?/m1/s1. The van der Waals surface area contributed by atoms with E-state index in [2.05, 4.69) is 15.0 Å². The first-order valence-corrected chi connectivity index (χ1v) is 12.8. The van der Waals surface area contributed by atoms with Crippen LogP contribution in [-0.4, -0.2) is 71.8 Å². The predicted molar refractivity (Wildman–Crippen MR) is 130 cm³/mol. The number of nitrogens with zero attached hydrogens (tertiary/aromatic N) is 1. The van der Waals surface area contributed by atoms with E-state index in [1.54, 1.807) is 18.2 Å². The van der Waals surface area contributed by atoms with Gasteiger partial charge < -0.3 is 25.4 Å². The molecule has 2 aromatic carbocycles. The quantitative estimate of drug-likeness (QED) is 0.300. The third kappa shape index (κ3) is 5.73.